The van der Waals surface area contributed by atoms with Gasteiger partial charge < -0.3 is 16.4 Å². The molecule has 1 aromatic rings. The van der Waals surface area contributed by atoms with Crippen LogP contribution in [0.15, 0.2) is 12.1 Å². The van der Waals surface area contributed by atoms with E-state index in [1.54, 1.807) is 24.1 Å². The van der Waals surface area contributed by atoms with Crippen molar-refractivity contribution in [3.05, 3.63) is 22.2 Å². The van der Waals surface area contributed by atoms with E-state index in [1.807, 2.05) is 0 Å². The number of carbonyl (C=O) groups excluding carboxylic acids is 1. The molecule has 1 aromatic carbocycles. The molecule has 0 atom stereocenters. The van der Waals surface area contributed by atoms with Crippen molar-refractivity contribution in [2.75, 3.05) is 24.2 Å². The average Bonchev–Trinajstić information content (AvgIpc) is 1.99. The molecule has 15 heavy (non-hydrogen) atoms. The normalized spacial score (nSPS) is 10.1. The summed E-state index contributed by atoms with van der Waals surface area (Å²) in [5, 5.41) is 0.785. The molecule has 82 valence electrons. The van der Waals surface area contributed by atoms with E-state index in [0.717, 1.165) is 0 Å². The van der Waals surface area contributed by atoms with Gasteiger partial charge in [-0.25, -0.2) is 0 Å². The highest BCUT2D eigenvalue weighted by Gasteiger charge is 2.13. The molecule has 0 aliphatic carbocycles. The Hall–Kier alpha value is -1.13. The van der Waals surface area contributed by atoms with Gasteiger partial charge in [-0.2, -0.15) is 0 Å². The fraction of sp³-hybridized carbons (Fsp3) is 0.222. The van der Waals surface area contributed by atoms with Crippen molar-refractivity contribution in [1.29, 1.82) is 0 Å². The molecule has 6 heteroatoms. The second-order valence-corrected chi connectivity index (χ2v) is 3.97. The van der Waals surface area contributed by atoms with Crippen LogP contribution in [0.25, 0.3) is 0 Å². The fourth-order valence-electron chi connectivity index (χ4n) is 1.26. The van der Waals surface area contributed by atoms with Crippen LogP contribution in [-0.4, -0.2) is 19.5 Å². The van der Waals surface area contributed by atoms with E-state index in [0.29, 0.717) is 21.4 Å². The summed E-state index contributed by atoms with van der Waals surface area (Å²) >= 11 is 11.9. The fourth-order valence-corrected chi connectivity index (χ4v) is 2.06. The zero-order valence-corrected chi connectivity index (χ0v) is 9.64. The largest absolute Gasteiger partial charge is 0.399 e. The summed E-state index contributed by atoms with van der Waals surface area (Å²) in [5.74, 6) is -0.457. The molecule has 1 rings (SSSR count). The number of amides is 1. The molecule has 0 spiro atoms. The van der Waals surface area contributed by atoms with Crippen molar-refractivity contribution < 1.29 is 4.79 Å². The van der Waals surface area contributed by atoms with Crippen LogP contribution in [0.2, 0.25) is 10.0 Å². The maximum absolute atomic E-state index is 10.7. The van der Waals surface area contributed by atoms with E-state index in [1.165, 1.54) is 0 Å². The summed E-state index contributed by atoms with van der Waals surface area (Å²) in [7, 11) is 1.67. The van der Waals surface area contributed by atoms with Crippen molar-refractivity contribution in [1.82, 2.24) is 0 Å². The van der Waals surface area contributed by atoms with Gasteiger partial charge in [0.2, 0.25) is 5.91 Å². The van der Waals surface area contributed by atoms with E-state index in [9.17, 15) is 4.79 Å². The molecule has 0 aliphatic rings. The zero-order chi connectivity index (χ0) is 11.6. The summed E-state index contributed by atoms with van der Waals surface area (Å²) in [6.45, 7) is 0.0450. The quantitative estimate of drug-likeness (QED) is 0.796. The zero-order valence-electron chi connectivity index (χ0n) is 8.13. The molecule has 4 N–H and O–H groups in total. The second-order valence-electron chi connectivity index (χ2n) is 3.16. The highest BCUT2D eigenvalue weighted by Crippen LogP contribution is 2.34. The van der Waals surface area contributed by atoms with Crippen LogP contribution in [-0.2, 0) is 4.79 Å². The third-order valence-corrected chi connectivity index (χ3v) is 2.39. The van der Waals surface area contributed by atoms with Gasteiger partial charge in [0.15, 0.2) is 0 Å². The Balaban J connectivity index is 3.08. The number of rotatable bonds is 3. The van der Waals surface area contributed by atoms with Crippen molar-refractivity contribution >= 4 is 40.5 Å². The van der Waals surface area contributed by atoms with Gasteiger partial charge in [-0.15, -0.1) is 0 Å². The number of nitrogen functional groups attached to an aromatic ring is 1. The lowest BCUT2D eigenvalue weighted by Gasteiger charge is -2.20. The highest BCUT2D eigenvalue weighted by atomic mass is 35.5. The third-order valence-electron chi connectivity index (χ3n) is 1.81. The number of nitrogens with zero attached hydrogens (tertiary/aromatic N) is 1. The first kappa shape index (κ1) is 11.9. The number of carbonyl (C=O) groups is 1. The van der Waals surface area contributed by atoms with Crippen LogP contribution < -0.4 is 16.4 Å². The van der Waals surface area contributed by atoms with Gasteiger partial charge in [0.25, 0.3) is 0 Å². The molecule has 0 radical (unpaired) electrons. The van der Waals surface area contributed by atoms with Crippen LogP contribution in [0.5, 0.6) is 0 Å². The van der Waals surface area contributed by atoms with Gasteiger partial charge in [-0.1, -0.05) is 23.2 Å². The molecule has 0 fully saturated rings. The second kappa shape index (κ2) is 4.59. The van der Waals surface area contributed by atoms with Gasteiger partial charge in [-0.05, 0) is 12.1 Å². The van der Waals surface area contributed by atoms with E-state index < -0.39 is 5.91 Å². The molecule has 1 amide bonds. The van der Waals surface area contributed by atoms with Crippen LogP contribution >= 0.6 is 23.2 Å². The van der Waals surface area contributed by atoms with Gasteiger partial charge in [0.05, 0.1) is 22.3 Å². The first-order valence-electron chi connectivity index (χ1n) is 4.15. The maximum atomic E-state index is 10.7. The van der Waals surface area contributed by atoms with Crippen molar-refractivity contribution in [2.45, 2.75) is 0 Å². The molecule has 0 aromatic heterocycles. The molecule has 0 saturated carbocycles. The van der Waals surface area contributed by atoms with Gasteiger partial charge >= 0.3 is 0 Å². The van der Waals surface area contributed by atoms with Crippen molar-refractivity contribution in [2.24, 2.45) is 5.73 Å². The molecule has 0 saturated heterocycles. The lowest BCUT2D eigenvalue weighted by Crippen LogP contribution is -2.30. The number of halogens is 2. The molecular weight excluding hydrogens is 237 g/mol. The van der Waals surface area contributed by atoms with E-state index in [2.05, 4.69) is 0 Å². The number of nitrogens with two attached hydrogens (primary N) is 2. The Morgan fingerprint density at radius 1 is 1.40 bits per heavy atom. The number of benzene rings is 1. The number of anilines is 2. The van der Waals surface area contributed by atoms with Crippen LogP contribution in [0.3, 0.4) is 0 Å². The molecule has 0 unspecified atom stereocenters. The summed E-state index contributed by atoms with van der Waals surface area (Å²) in [6.07, 6.45) is 0. The summed E-state index contributed by atoms with van der Waals surface area (Å²) < 4.78 is 0. The molecule has 4 nitrogen and oxygen atoms in total. The lowest BCUT2D eigenvalue weighted by molar-refractivity contribution is -0.116. The number of hydrogen-bond donors (Lipinski definition) is 2. The summed E-state index contributed by atoms with van der Waals surface area (Å²) in [5.41, 5.74) is 11.6. The Kier molecular flexibility index (Phi) is 3.66. The van der Waals surface area contributed by atoms with E-state index in [4.69, 9.17) is 34.7 Å². The molecule has 0 aliphatic heterocycles. The van der Waals surface area contributed by atoms with E-state index >= 15 is 0 Å². The molecular formula is C9H11Cl2N3O. The Morgan fingerprint density at radius 2 is 1.87 bits per heavy atom. The number of hydrogen-bond acceptors (Lipinski definition) is 3. The van der Waals surface area contributed by atoms with Crippen LogP contribution in [0.4, 0.5) is 11.4 Å². The first-order valence-corrected chi connectivity index (χ1v) is 4.91. The monoisotopic (exact) mass is 247 g/mol. The minimum atomic E-state index is -0.457. The highest BCUT2D eigenvalue weighted by molar-refractivity contribution is 6.39. The number of primary amides is 1. The predicted molar refractivity (Wildman–Crippen MR) is 63.3 cm³/mol. The molecule has 0 bridgehead atoms. The average molecular weight is 248 g/mol. The van der Waals surface area contributed by atoms with Gasteiger partial charge in [-0.3, -0.25) is 4.79 Å². The third kappa shape index (κ3) is 2.91. The Bertz CT molecular complexity index is 372. The minimum absolute atomic E-state index is 0.0450. The van der Waals surface area contributed by atoms with Crippen LogP contribution in [0.1, 0.15) is 0 Å². The SMILES string of the molecule is CN(CC(N)=O)c1c(Cl)cc(N)cc1Cl. The predicted octanol–water partition coefficient (Wildman–Crippen LogP) is 1.50. The van der Waals surface area contributed by atoms with Crippen molar-refractivity contribution in [3.63, 3.8) is 0 Å². The Morgan fingerprint density at radius 3 is 2.27 bits per heavy atom. The lowest BCUT2D eigenvalue weighted by atomic mass is 10.2. The maximum Gasteiger partial charge on any atom is 0.236 e. The first-order chi connectivity index (χ1) is 6.91. The summed E-state index contributed by atoms with van der Waals surface area (Å²) in [4.78, 5) is 12.3. The van der Waals surface area contributed by atoms with Crippen molar-refractivity contribution in [3.8, 4) is 0 Å². The van der Waals surface area contributed by atoms with Crippen LogP contribution in [0, 0.1) is 0 Å². The summed E-state index contributed by atoms with van der Waals surface area (Å²) in [6, 6.07) is 3.14. The minimum Gasteiger partial charge on any atom is -0.399 e. The van der Waals surface area contributed by atoms with E-state index in [-0.39, 0.29) is 6.54 Å². The molecule has 0 heterocycles. The smallest absolute Gasteiger partial charge is 0.236 e. The Labute approximate surface area is 97.7 Å². The topological polar surface area (TPSA) is 72.3 Å². The number of likely N-dealkylation sites (N-methyl/N-ethyl adjacent to an activating group) is 1. The standard InChI is InChI=1S/C9H11Cl2N3O/c1-14(4-8(13)15)9-6(10)2-5(12)3-7(9)11/h2-3H,4,12H2,1H3,(H2,13,15). The van der Waals surface area contributed by atoms with Gasteiger partial charge in [0, 0.05) is 12.7 Å². The van der Waals surface area contributed by atoms with Gasteiger partial charge in [0.1, 0.15) is 0 Å².